The minimum atomic E-state index is -0.376. The van der Waals surface area contributed by atoms with Crippen LogP contribution < -0.4 is 15.0 Å². The largest absolute Gasteiger partial charge is 0.497 e. The highest BCUT2D eigenvalue weighted by molar-refractivity contribution is 6.07. The maximum Gasteiger partial charge on any atom is 0.229 e. The summed E-state index contributed by atoms with van der Waals surface area (Å²) in [5.74, 6) is 0.183. The van der Waals surface area contributed by atoms with Crippen molar-refractivity contribution >= 4 is 34.0 Å². The first-order chi connectivity index (χ1) is 13.2. The number of benzene rings is 3. The van der Waals surface area contributed by atoms with Crippen LogP contribution in [0.1, 0.15) is 6.42 Å². The van der Waals surface area contributed by atoms with Crippen molar-refractivity contribution in [3.63, 3.8) is 0 Å². The fourth-order valence-electron chi connectivity index (χ4n) is 3.46. The summed E-state index contributed by atoms with van der Waals surface area (Å²) in [5.41, 5.74) is 1.55. The first-order valence-electron chi connectivity index (χ1n) is 8.89. The molecule has 27 heavy (non-hydrogen) atoms. The van der Waals surface area contributed by atoms with Crippen LogP contribution >= 0.6 is 0 Å². The molecular formula is C22H20N2O3. The molecular weight excluding hydrogens is 340 g/mol. The second kappa shape index (κ2) is 7.11. The predicted octanol–water partition coefficient (Wildman–Crippen LogP) is 3.84. The number of carbonyl (C=O) groups excluding carboxylic acids is 2. The van der Waals surface area contributed by atoms with Gasteiger partial charge in [0.05, 0.1) is 13.0 Å². The lowest BCUT2D eigenvalue weighted by molar-refractivity contribution is -0.122. The number of rotatable bonds is 4. The maximum absolute atomic E-state index is 12.8. The second-order valence-corrected chi connectivity index (χ2v) is 6.62. The van der Waals surface area contributed by atoms with Crippen molar-refractivity contribution in [3.8, 4) is 5.75 Å². The quantitative estimate of drug-likeness (QED) is 0.769. The molecule has 0 saturated carbocycles. The van der Waals surface area contributed by atoms with Gasteiger partial charge in [0, 0.05) is 29.7 Å². The molecule has 1 N–H and O–H groups in total. The third-order valence-electron chi connectivity index (χ3n) is 4.93. The zero-order chi connectivity index (χ0) is 18.8. The van der Waals surface area contributed by atoms with Crippen molar-refractivity contribution in [1.82, 2.24) is 0 Å². The molecule has 1 saturated heterocycles. The number of nitrogens with zero attached hydrogens (tertiary/aromatic N) is 1. The zero-order valence-electron chi connectivity index (χ0n) is 15.0. The average Bonchev–Trinajstić information content (AvgIpc) is 3.10. The Morgan fingerprint density at radius 2 is 1.78 bits per heavy atom. The summed E-state index contributed by atoms with van der Waals surface area (Å²) < 4.78 is 5.15. The van der Waals surface area contributed by atoms with Crippen molar-refractivity contribution < 1.29 is 14.3 Å². The lowest BCUT2D eigenvalue weighted by Crippen LogP contribution is -2.28. The van der Waals surface area contributed by atoms with Gasteiger partial charge in [-0.1, -0.05) is 36.4 Å². The van der Waals surface area contributed by atoms with E-state index in [0.717, 1.165) is 27.9 Å². The number of methoxy groups -OCH3 is 1. The molecule has 0 bridgehead atoms. The highest BCUT2D eigenvalue weighted by Crippen LogP contribution is 2.29. The van der Waals surface area contributed by atoms with Gasteiger partial charge < -0.3 is 15.0 Å². The van der Waals surface area contributed by atoms with Crippen LogP contribution in [0.15, 0.2) is 66.7 Å². The standard InChI is InChI=1S/C22H20N2O3/c1-27-18-11-9-17(10-12-18)24-14-16(13-21(24)25)22(26)23-20-8-4-6-15-5-2-3-7-19(15)20/h2-12,16H,13-14H2,1H3,(H,23,26)/t16-/m1/s1. The molecule has 136 valence electrons. The smallest absolute Gasteiger partial charge is 0.229 e. The van der Waals surface area contributed by atoms with Gasteiger partial charge in [-0.05, 0) is 35.7 Å². The molecule has 0 aromatic heterocycles. The van der Waals surface area contributed by atoms with E-state index in [-0.39, 0.29) is 24.2 Å². The van der Waals surface area contributed by atoms with Crippen LogP contribution in [0, 0.1) is 5.92 Å². The summed E-state index contributed by atoms with van der Waals surface area (Å²) >= 11 is 0. The number of hydrogen-bond acceptors (Lipinski definition) is 3. The van der Waals surface area contributed by atoms with Crippen LogP contribution in [0.25, 0.3) is 10.8 Å². The third-order valence-corrected chi connectivity index (χ3v) is 4.93. The predicted molar refractivity (Wildman–Crippen MR) is 106 cm³/mol. The lowest BCUT2D eigenvalue weighted by Gasteiger charge is -2.17. The van der Waals surface area contributed by atoms with Gasteiger partial charge in [-0.3, -0.25) is 9.59 Å². The molecule has 1 atom stereocenters. The maximum atomic E-state index is 12.8. The molecule has 1 aliphatic heterocycles. The van der Waals surface area contributed by atoms with Crippen LogP contribution in [0.3, 0.4) is 0 Å². The number of fused-ring (bicyclic) bond motifs is 1. The Kier molecular flexibility index (Phi) is 4.50. The molecule has 4 rings (SSSR count). The normalized spacial score (nSPS) is 16.6. The summed E-state index contributed by atoms with van der Waals surface area (Å²) in [6.07, 6.45) is 0.211. The van der Waals surface area contributed by atoms with Crippen molar-refractivity contribution in [2.24, 2.45) is 5.92 Å². The number of anilines is 2. The average molecular weight is 360 g/mol. The van der Waals surface area contributed by atoms with Gasteiger partial charge >= 0.3 is 0 Å². The van der Waals surface area contributed by atoms with Crippen LogP contribution in [-0.4, -0.2) is 25.5 Å². The van der Waals surface area contributed by atoms with E-state index in [1.165, 1.54) is 0 Å². The van der Waals surface area contributed by atoms with Gasteiger partial charge in [-0.2, -0.15) is 0 Å². The first-order valence-corrected chi connectivity index (χ1v) is 8.89. The molecule has 0 unspecified atom stereocenters. The first kappa shape index (κ1) is 17.1. The van der Waals surface area contributed by atoms with Crippen LogP contribution in [0.2, 0.25) is 0 Å². The minimum absolute atomic E-state index is 0.0433. The molecule has 1 aliphatic rings. The van der Waals surface area contributed by atoms with E-state index in [1.54, 1.807) is 12.0 Å². The Hall–Kier alpha value is -3.34. The number of carbonyl (C=O) groups is 2. The van der Waals surface area contributed by atoms with Crippen LogP contribution in [-0.2, 0) is 9.59 Å². The number of amides is 2. The van der Waals surface area contributed by atoms with Crippen molar-refractivity contribution in [2.45, 2.75) is 6.42 Å². The Bertz CT molecular complexity index is 993. The summed E-state index contributed by atoms with van der Waals surface area (Å²) in [6, 6.07) is 21.0. The Morgan fingerprint density at radius 3 is 2.56 bits per heavy atom. The molecule has 1 heterocycles. The summed E-state index contributed by atoms with van der Waals surface area (Å²) in [7, 11) is 1.60. The highest BCUT2D eigenvalue weighted by Gasteiger charge is 2.35. The molecule has 0 radical (unpaired) electrons. The van der Waals surface area contributed by atoms with E-state index in [9.17, 15) is 9.59 Å². The fraction of sp³-hybridized carbons (Fsp3) is 0.182. The molecule has 3 aromatic carbocycles. The summed E-state index contributed by atoms with van der Waals surface area (Å²) in [4.78, 5) is 26.9. The van der Waals surface area contributed by atoms with Crippen molar-refractivity contribution in [1.29, 1.82) is 0 Å². The molecule has 1 fully saturated rings. The number of nitrogens with one attached hydrogen (secondary N) is 1. The van der Waals surface area contributed by atoms with Crippen molar-refractivity contribution in [2.75, 3.05) is 23.9 Å². The Balaban J connectivity index is 1.50. The monoisotopic (exact) mass is 360 g/mol. The van der Waals surface area contributed by atoms with E-state index in [4.69, 9.17) is 4.74 Å². The van der Waals surface area contributed by atoms with Gasteiger partial charge in [0.2, 0.25) is 11.8 Å². The Morgan fingerprint density at radius 1 is 1.04 bits per heavy atom. The Labute approximate surface area is 157 Å². The second-order valence-electron chi connectivity index (χ2n) is 6.62. The fourth-order valence-corrected chi connectivity index (χ4v) is 3.46. The summed E-state index contributed by atoms with van der Waals surface area (Å²) in [5, 5.41) is 5.06. The lowest BCUT2D eigenvalue weighted by atomic mass is 10.1. The third kappa shape index (κ3) is 3.36. The van der Waals surface area contributed by atoms with E-state index in [0.29, 0.717) is 6.54 Å². The SMILES string of the molecule is COc1ccc(N2C[C@H](C(=O)Nc3cccc4ccccc34)CC2=O)cc1. The van der Waals surface area contributed by atoms with Gasteiger partial charge in [0.15, 0.2) is 0 Å². The molecule has 2 amide bonds. The minimum Gasteiger partial charge on any atom is -0.497 e. The molecule has 5 nitrogen and oxygen atoms in total. The molecule has 0 aliphatic carbocycles. The van der Waals surface area contributed by atoms with E-state index in [1.807, 2.05) is 66.7 Å². The highest BCUT2D eigenvalue weighted by atomic mass is 16.5. The van der Waals surface area contributed by atoms with Crippen molar-refractivity contribution in [3.05, 3.63) is 66.7 Å². The van der Waals surface area contributed by atoms with E-state index in [2.05, 4.69) is 5.32 Å². The van der Waals surface area contributed by atoms with Crippen LogP contribution in [0.5, 0.6) is 5.75 Å². The van der Waals surface area contributed by atoms with Gasteiger partial charge in [0.25, 0.3) is 0 Å². The van der Waals surface area contributed by atoms with Crippen LogP contribution in [0.4, 0.5) is 11.4 Å². The van der Waals surface area contributed by atoms with E-state index >= 15 is 0 Å². The molecule has 5 heteroatoms. The topological polar surface area (TPSA) is 58.6 Å². The van der Waals surface area contributed by atoms with Gasteiger partial charge in [0.1, 0.15) is 5.75 Å². The summed E-state index contributed by atoms with van der Waals surface area (Å²) in [6.45, 7) is 0.377. The molecule has 0 spiro atoms. The molecule has 3 aromatic rings. The zero-order valence-corrected chi connectivity index (χ0v) is 15.0. The van der Waals surface area contributed by atoms with Gasteiger partial charge in [-0.15, -0.1) is 0 Å². The van der Waals surface area contributed by atoms with Gasteiger partial charge in [-0.25, -0.2) is 0 Å². The van der Waals surface area contributed by atoms with E-state index < -0.39 is 0 Å². The number of hydrogen-bond donors (Lipinski definition) is 1. The number of ether oxygens (including phenoxy) is 1.